The fourth-order valence-corrected chi connectivity index (χ4v) is 4.12. The number of hydrogen-bond donors (Lipinski definition) is 3. The van der Waals surface area contributed by atoms with Crippen LogP contribution in [0.4, 0.5) is 4.79 Å². The van der Waals surface area contributed by atoms with Crippen molar-refractivity contribution in [2.75, 3.05) is 20.8 Å². The molecule has 1 aromatic heterocycles. The number of alkyl carbamates (subject to hydrolysis) is 1. The van der Waals surface area contributed by atoms with Crippen molar-refractivity contribution in [3.8, 4) is 23.0 Å². The van der Waals surface area contributed by atoms with Crippen LogP contribution in [0.2, 0.25) is 0 Å². The lowest BCUT2D eigenvalue weighted by Crippen LogP contribution is -2.47. The van der Waals surface area contributed by atoms with E-state index in [2.05, 4.69) is 25.8 Å². The number of amides is 2. The summed E-state index contributed by atoms with van der Waals surface area (Å²) >= 11 is 0. The third-order valence-corrected chi connectivity index (χ3v) is 6.33. The Balaban J connectivity index is 1.39. The van der Waals surface area contributed by atoms with Crippen molar-refractivity contribution in [3.05, 3.63) is 102 Å². The first-order chi connectivity index (χ1) is 21.5. The van der Waals surface area contributed by atoms with E-state index in [1.54, 1.807) is 38.6 Å². The molecule has 3 N–H and O–H groups in total. The summed E-state index contributed by atoms with van der Waals surface area (Å²) in [5, 5.41) is 6.69. The van der Waals surface area contributed by atoms with Gasteiger partial charge in [-0.15, -0.1) is 0 Å². The minimum atomic E-state index is -0.973. The molecule has 0 fully saturated rings. The van der Waals surface area contributed by atoms with Gasteiger partial charge in [-0.05, 0) is 54.4 Å². The number of methoxy groups -OCH3 is 2. The van der Waals surface area contributed by atoms with Crippen LogP contribution in [0.25, 0.3) is 0 Å². The van der Waals surface area contributed by atoms with E-state index in [1.165, 1.54) is 12.5 Å². The highest BCUT2D eigenvalue weighted by molar-refractivity contribution is 5.87. The van der Waals surface area contributed by atoms with E-state index < -0.39 is 18.0 Å². The number of aromatic amines is 1. The number of carbonyl (C=O) groups is 2. The van der Waals surface area contributed by atoms with Crippen LogP contribution in [-0.2, 0) is 29.2 Å². The Morgan fingerprint density at radius 3 is 2.50 bits per heavy atom. The standard InChI is InChI=1S/C32H35N5O7/c1-4-42-30-14-23(10-12-29(30)43-20-24-15-26(40-2)11-13-28(24)41-3)17-35-37-31(38)27(16-25-18-33-21-34-25)36-32(39)44-19-22-8-6-5-7-9-22/h5-15,17-18,21,27H,4,16,19-20H2,1-3H3,(H,33,34)(H,36,39)(H,37,38)/b35-17-/t27-/m1/s1. The number of hydrazone groups is 1. The van der Waals surface area contributed by atoms with Crippen molar-refractivity contribution in [3.63, 3.8) is 0 Å². The van der Waals surface area contributed by atoms with Gasteiger partial charge in [0.1, 0.15) is 30.8 Å². The highest BCUT2D eigenvalue weighted by Gasteiger charge is 2.22. The molecule has 12 nitrogen and oxygen atoms in total. The smallest absolute Gasteiger partial charge is 0.408 e. The van der Waals surface area contributed by atoms with E-state index >= 15 is 0 Å². The Hall–Kier alpha value is -5.52. The predicted molar refractivity (Wildman–Crippen MR) is 163 cm³/mol. The molecule has 12 heteroatoms. The molecule has 44 heavy (non-hydrogen) atoms. The number of H-pyrrole nitrogens is 1. The first-order valence-corrected chi connectivity index (χ1v) is 13.9. The largest absolute Gasteiger partial charge is 0.497 e. The maximum atomic E-state index is 13.0. The Morgan fingerprint density at radius 1 is 0.955 bits per heavy atom. The normalized spacial score (nSPS) is 11.4. The quantitative estimate of drug-likeness (QED) is 0.134. The van der Waals surface area contributed by atoms with Gasteiger partial charge in [0, 0.05) is 23.9 Å². The fourth-order valence-electron chi connectivity index (χ4n) is 4.12. The summed E-state index contributed by atoms with van der Waals surface area (Å²) in [5.74, 6) is 1.85. The first kappa shape index (κ1) is 31.4. The van der Waals surface area contributed by atoms with Gasteiger partial charge in [-0.1, -0.05) is 30.3 Å². The average molecular weight is 602 g/mol. The van der Waals surface area contributed by atoms with Gasteiger partial charge in [0.05, 0.1) is 33.4 Å². The van der Waals surface area contributed by atoms with E-state index in [0.29, 0.717) is 40.9 Å². The molecule has 2 amide bonds. The monoisotopic (exact) mass is 601 g/mol. The number of nitrogens with one attached hydrogen (secondary N) is 3. The van der Waals surface area contributed by atoms with Crippen molar-refractivity contribution in [1.82, 2.24) is 20.7 Å². The topological polar surface area (TPSA) is 145 Å². The van der Waals surface area contributed by atoms with Crippen molar-refractivity contribution >= 4 is 18.2 Å². The molecule has 230 valence electrons. The van der Waals surface area contributed by atoms with Crippen molar-refractivity contribution < 1.29 is 33.3 Å². The van der Waals surface area contributed by atoms with Gasteiger partial charge >= 0.3 is 6.09 Å². The van der Waals surface area contributed by atoms with Crippen LogP contribution in [0.1, 0.15) is 29.3 Å². The van der Waals surface area contributed by atoms with E-state index in [4.69, 9.17) is 23.7 Å². The number of rotatable bonds is 15. The molecular weight excluding hydrogens is 566 g/mol. The minimum absolute atomic E-state index is 0.0676. The molecule has 0 spiro atoms. The highest BCUT2D eigenvalue weighted by Crippen LogP contribution is 2.31. The van der Waals surface area contributed by atoms with E-state index in [0.717, 1.165) is 11.1 Å². The second-order valence-electron chi connectivity index (χ2n) is 9.38. The van der Waals surface area contributed by atoms with Crippen molar-refractivity contribution in [1.29, 1.82) is 0 Å². The number of aromatic nitrogens is 2. The van der Waals surface area contributed by atoms with Crippen LogP contribution in [0, 0.1) is 0 Å². The molecule has 0 saturated carbocycles. The number of hydrogen-bond acceptors (Lipinski definition) is 9. The summed E-state index contributed by atoms with van der Waals surface area (Å²) in [7, 11) is 3.19. The Morgan fingerprint density at radius 2 is 1.77 bits per heavy atom. The number of ether oxygens (including phenoxy) is 5. The molecule has 0 radical (unpaired) electrons. The Bertz CT molecular complexity index is 1530. The highest BCUT2D eigenvalue weighted by atomic mass is 16.5. The third kappa shape index (κ3) is 9.24. The SMILES string of the molecule is CCOc1cc(/C=N\NC(=O)[C@@H](Cc2cnc[nH]2)NC(=O)OCc2ccccc2)ccc1OCc1cc(OC)ccc1OC. The Labute approximate surface area is 255 Å². The number of imidazole rings is 1. The summed E-state index contributed by atoms with van der Waals surface area (Å²) in [4.78, 5) is 32.4. The van der Waals surface area contributed by atoms with Gasteiger partial charge in [-0.2, -0.15) is 5.10 Å². The Kier molecular flexibility index (Phi) is 11.6. The second kappa shape index (κ2) is 16.2. The number of benzene rings is 3. The molecule has 1 heterocycles. The molecule has 3 aromatic carbocycles. The number of nitrogens with zero attached hydrogens (tertiary/aromatic N) is 2. The first-order valence-electron chi connectivity index (χ1n) is 13.9. The lowest BCUT2D eigenvalue weighted by molar-refractivity contribution is -0.123. The zero-order chi connectivity index (χ0) is 31.1. The fraction of sp³-hybridized carbons (Fsp3) is 0.250. The zero-order valence-corrected chi connectivity index (χ0v) is 24.7. The van der Waals surface area contributed by atoms with Crippen molar-refractivity contribution in [2.45, 2.75) is 32.6 Å². The summed E-state index contributed by atoms with van der Waals surface area (Å²) in [6, 6.07) is 19.0. The molecule has 1 atom stereocenters. The van der Waals surface area contributed by atoms with Gasteiger partial charge < -0.3 is 34.0 Å². The molecule has 0 unspecified atom stereocenters. The van der Waals surface area contributed by atoms with Gasteiger partial charge in [-0.25, -0.2) is 15.2 Å². The molecule has 0 bridgehead atoms. The molecule has 0 aliphatic carbocycles. The summed E-state index contributed by atoms with van der Waals surface area (Å²) in [6.45, 7) is 2.58. The van der Waals surface area contributed by atoms with Crippen LogP contribution in [0.15, 0.2) is 84.4 Å². The van der Waals surface area contributed by atoms with Gasteiger partial charge in [0.25, 0.3) is 5.91 Å². The molecule has 4 aromatic rings. The van der Waals surface area contributed by atoms with Gasteiger partial charge in [0.15, 0.2) is 11.5 Å². The van der Waals surface area contributed by atoms with E-state index in [-0.39, 0.29) is 19.6 Å². The third-order valence-electron chi connectivity index (χ3n) is 6.33. The summed E-state index contributed by atoms with van der Waals surface area (Å²) in [6.07, 6.45) is 3.95. The summed E-state index contributed by atoms with van der Waals surface area (Å²) in [5.41, 5.74) is 5.43. The average Bonchev–Trinajstić information content (AvgIpc) is 3.57. The molecule has 0 saturated heterocycles. The minimum Gasteiger partial charge on any atom is -0.497 e. The van der Waals surface area contributed by atoms with Crippen LogP contribution >= 0.6 is 0 Å². The van der Waals surface area contributed by atoms with Crippen LogP contribution in [0.3, 0.4) is 0 Å². The second-order valence-corrected chi connectivity index (χ2v) is 9.38. The lowest BCUT2D eigenvalue weighted by atomic mass is 10.1. The van der Waals surface area contributed by atoms with E-state index in [1.807, 2.05) is 55.5 Å². The van der Waals surface area contributed by atoms with Gasteiger partial charge in [-0.3, -0.25) is 4.79 Å². The maximum absolute atomic E-state index is 13.0. The molecule has 0 aliphatic rings. The van der Waals surface area contributed by atoms with E-state index in [9.17, 15) is 9.59 Å². The van der Waals surface area contributed by atoms with Gasteiger partial charge in [0.2, 0.25) is 0 Å². The molecule has 4 rings (SSSR count). The molecular formula is C32H35N5O7. The predicted octanol–water partition coefficient (Wildman–Crippen LogP) is 4.39. The maximum Gasteiger partial charge on any atom is 0.408 e. The van der Waals surface area contributed by atoms with Crippen LogP contribution < -0.4 is 29.7 Å². The zero-order valence-electron chi connectivity index (χ0n) is 24.7. The lowest BCUT2D eigenvalue weighted by Gasteiger charge is -2.16. The van der Waals surface area contributed by atoms with Crippen molar-refractivity contribution in [2.24, 2.45) is 5.10 Å². The summed E-state index contributed by atoms with van der Waals surface area (Å²) < 4.78 is 27.9. The number of carbonyl (C=O) groups excluding carboxylic acids is 2. The van der Waals surface area contributed by atoms with Crippen LogP contribution in [0.5, 0.6) is 23.0 Å². The molecule has 0 aliphatic heterocycles. The van der Waals surface area contributed by atoms with Crippen LogP contribution in [-0.4, -0.2) is 55.1 Å².